The van der Waals surface area contributed by atoms with Crippen molar-refractivity contribution in [3.05, 3.63) is 0 Å². The second-order valence-corrected chi connectivity index (χ2v) is 6.92. The molecule has 1 atom stereocenters. The minimum absolute atomic E-state index is 0.198. The van der Waals surface area contributed by atoms with Gasteiger partial charge < -0.3 is 16.0 Å². The maximum absolute atomic E-state index is 11.4. The Bertz CT molecular complexity index is 289. The van der Waals surface area contributed by atoms with E-state index in [9.17, 15) is 4.79 Å². The summed E-state index contributed by atoms with van der Waals surface area (Å²) in [5.74, 6) is -0.233. The van der Waals surface area contributed by atoms with Crippen molar-refractivity contribution >= 4 is 5.91 Å². The third-order valence-corrected chi connectivity index (χ3v) is 4.04. The van der Waals surface area contributed by atoms with Crippen LogP contribution in [-0.4, -0.2) is 42.5 Å². The molecule has 0 spiro atoms. The van der Waals surface area contributed by atoms with Gasteiger partial charge in [0.05, 0.1) is 6.04 Å². The van der Waals surface area contributed by atoms with E-state index in [2.05, 4.69) is 24.1 Å². The maximum atomic E-state index is 11.4. The number of primary amides is 1. The molecular weight excluding hydrogens is 238 g/mol. The summed E-state index contributed by atoms with van der Waals surface area (Å²) < 4.78 is 0. The smallest absolute Gasteiger partial charge is 0.234 e. The molecule has 1 rings (SSSR count). The summed E-state index contributed by atoms with van der Waals surface area (Å²) in [4.78, 5) is 13.9. The minimum atomic E-state index is -0.233. The Morgan fingerprint density at radius 2 is 2.00 bits per heavy atom. The summed E-state index contributed by atoms with van der Waals surface area (Å²) in [6.45, 7) is 12.0. The normalized spacial score (nSPS) is 22.2. The number of carbonyl (C=O) groups excluding carboxylic acids is 1. The molecule has 0 aromatic carbocycles. The molecule has 1 saturated heterocycles. The van der Waals surface area contributed by atoms with Gasteiger partial charge in [0.1, 0.15) is 0 Å². The summed E-state index contributed by atoms with van der Waals surface area (Å²) in [7, 11) is 0. The average molecular weight is 269 g/mol. The molecule has 4 nitrogen and oxygen atoms in total. The van der Waals surface area contributed by atoms with E-state index in [0.717, 1.165) is 26.1 Å². The first kappa shape index (κ1) is 16.4. The van der Waals surface area contributed by atoms with Gasteiger partial charge in [-0.15, -0.1) is 0 Å². The molecule has 1 heterocycles. The topological polar surface area (TPSA) is 58.4 Å². The molecule has 0 bridgehead atoms. The molecule has 3 N–H and O–H groups in total. The zero-order chi connectivity index (χ0) is 14.5. The number of nitrogens with zero attached hydrogens (tertiary/aromatic N) is 1. The van der Waals surface area contributed by atoms with Gasteiger partial charge in [0.25, 0.3) is 0 Å². The predicted octanol–water partition coefficient (Wildman–Crippen LogP) is 1.74. The third-order valence-electron chi connectivity index (χ3n) is 4.04. The van der Waals surface area contributed by atoms with Crippen molar-refractivity contribution in [1.29, 1.82) is 0 Å². The second-order valence-electron chi connectivity index (χ2n) is 6.92. The van der Waals surface area contributed by atoms with Gasteiger partial charge >= 0.3 is 0 Å². The Kier molecular flexibility index (Phi) is 6.27. The van der Waals surface area contributed by atoms with Crippen molar-refractivity contribution in [2.45, 2.75) is 65.5 Å². The van der Waals surface area contributed by atoms with Gasteiger partial charge in [-0.05, 0) is 44.2 Å². The van der Waals surface area contributed by atoms with Gasteiger partial charge in [-0.1, -0.05) is 27.7 Å². The Morgan fingerprint density at radius 3 is 2.58 bits per heavy atom. The van der Waals surface area contributed by atoms with Crippen LogP contribution in [0, 0.1) is 5.41 Å². The van der Waals surface area contributed by atoms with Gasteiger partial charge in [-0.2, -0.15) is 0 Å². The van der Waals surface area contributed by atoms with E-state index in [1.165, 1.54) is 19.3 Å². The minimum Gasteiger partial charge on any atom is -0.368 e. The molecule has 0 radical (unpaired) electrons. The van der Waals surface area contributed by atoms with Crippen molar-refractivity contribution in [2.75, 3.05) is 19.6 Å². The zero-order valence-corrected chi connectivity index (χ0v) is 13.0. The van der Waals surface area contributed by atoms with Crippen LogP contribution >= 0.6 is 0 Å². The molecule has 0 aliphatic carbocycles. The molecular formula is C15H31N3O. The fourth-order valence-corrected chi connectivity index (χ4v) is 2.72. The van der Waals surface area contributed by atoms with Gasteiger partial charge in [-0.25, -0.2) is 0 Å². The highest BCUT2D eigenvalue weighted by Crippen LogP contribution is 2.29. The van der Waals surface area contributed by atoms with Crippen molar-refractivity contribution in [2.24, 2.45) is 11.1 Å². The van der Waals surface area contributed by atoms with Crippen molar-refractivity contribution in [1.82, 2.24) is 10.2 Å². The predicted molar refractivity (Wildman–Crippen MR) is 79.9 cm³/mol. The monoisotopic (exact) mass is 269 g/mol. The summed E-state index contributed by atoms with van der Waals surface area (Å²) in [6.07, 6.45) is 4.61. The number of carbonyl (C=O) groups is 1. The largest absolute Gasteiger partial charge is 0.368 e. The highest BCUT2D eigenvalue weighted by atomic mass is 16.1. The van der Waals surface area contributed by atoms with Gasteiger partial charge in [0.15, 0.2) is 0 Å². The van der Waals surface area contributed by atoms with Crippen LogP contribution in [0.4, 0.5) is 0 Å². The summed E-state index contributed by atoms with van der Waals surface area (Å²) in [5.41, 5.74) is 5.92. The molecule has 0 aromatic rings. The summed E-state index contributed by atoms with van der Waals surface area (Å²) in [6, 6.07) is 0.0943. The first-order chi connectivity index (χ1) is 8.80. The zero-order valence-electron chi connectivity index (χ0n) is 13.0. The molecule has 1 fully saturated rings. The average Bonchev–Trinajstić information content (AvgIpc) is 2.45. The standard InChI is InChI=1S/C15H31N3O/c1-12(2)17-13(14(16)19)6-10-18-9-5-7-15(3,4)8-11-18/h12-13,17H,5-11H2,1-4H3,(H2,16,19). The van der Waals surface area contributed by atoms with Crippen molar-refractivity contribution < 1.29 is 4.79 Å². The van der Waals surface area contributed by atoms with Crippen LogP contribution in [0.15, 0.2) is 0 Å². The van der Waals surface area contributed by atoms with Crippen LogP contribution in [-0.2, 0) is 4.79 Å². The SMILES string of the molecule is CC(C)NC(CCN1CCCC(C)(C)CC1)C(N)=O. The van der Waals surface area contributed by atoms with E-state index in [-0.39, 0.29) is 11.9 Å². The molecule has 0 saturated carbocycles. The molecule has 1 unspecified atom stereocenters. The fraction of sp³-hybridized carbons (Fsp3) is 0.933. The van der Waals surface area contributed by atoms with E-state index < -0.39 is 0 Å². The number of likely N-dealkylation sites (tertiary alicyclic amines) is 1. The van der Waals surface area contributed by atoms with E-state index in [4.69, 9.17) is 5.73 Å². The first-order valence-electron chi connectivity index (χ1n) is 7.58. The van der Waals surface area contributed by atoms with Crippen LogP contribution in [0.5, 0.6) is 0 Å². The summed E-state index contributed by atoms with van der Waals surface area (Å²) >= 11 is 0. The van der Waals surface area contributed by atoms with E-state index in [0.29, 0.717) is 11.5 Å². The molecule has 112 valence electrons. The number of nitrogens with two attached hydrogens (primary N) is 1. The van der Waals surface area contributed by atoms with Gasteiger partial charge in [0.2, 0.25) is 5.91 Å². The highest BCUT2D eigenvalue weighted by molar-refractivity contribution is 5.79. The van der Waals surface area contributed by atoms with Crippen molar-refractivity contribution in [3.63, 3.8) is 0 Å². The number of rotatable bonds is 6. The van der Waals surface area contributed by atoms with Gasteiger partial charge in [-0.3, -0.25) is 4.79 Å². The highest BCUT2D eigenvalue weighted by Gasteiger charge is 2.24. The first-order valence-corrected chi connectivity index (χ1v) is 7.58. The quantitative estimate of drug-likeness (QED) is 0.772. The van der Waals surface area contributed by atoms with Crippen molar-refractivity contribution in [3.8, 4) is 0 Å². The third kappa shape index (κ3) is 6.39. The molecule has 4 heteroatoms. The Labute approximate surface area is 118 Å². The number of hydrogen-bond acceptors (Lipinski definition) is 3. The van der Waals surface area contributed by atoms with E-state index >= 15 is 0 Å². The van der Waals surface area contributed by atoms with Crippen LogP contribution in [0.1, 0.15) is 53.4 Å². The molecule has 1 aliphatic rings. The lowest BCUT2D eigenvalue weighted by Gasteiger charge is -2.25. The van der Waals surface area contributed by atoms with Crippen LogP contribution < -0.4 is 11.1 Å². The Hall–Kier alpha value is -0.610. The molecule has 19 heavy (non-hydrogen) atoms. The number of hydrogen-bond donors (Lipinski definition) is 2. The van der Waals surface area contributed by atoms with E-state index in [1.54, 1.807) is 0 Å². The number of amides is 1. The maximum Gasteiger partial charge on any atom is 0.234 e. The van der Waals surface area contributed by atoms with Crippen LogP contribution in [0.2, 0.25) is 0 Å². The van der Waals surface area contributed by atoms with Crippen LogP contribution in [0.3, 0.4) is 0 Å². The van der Waals surface area contributed by atoms with Gasteiger partial charge in [0, 0.05) is 12.6 Å². The lowest BCUT2D eigenvalue weighted by Crippen LogP contribution is -2.46. The fourth-order valence-electron chi connectivity index (χ4n) is 2.72. The lowest BCUT2D eigenvalue weighted by atomic mass is 9.85. The molecule has 1 aliphatic heterocycles. The summed E-state index contributed by atoms with van der Waals surface area (Å²) in [5, 5.41) is 3.25. The number of nitrogens with one attached hydrogen (secondary N) is 1. The molecule has 0 aromatic heterocycles. The van der Waals surface area contributed by atoms with Crippen LogP contribution in [0.25, 0.3) is 0 Å². The lowest BCUT2D eigenvalue weighted by molar-refractivity contribution is -0.120. The second kappa shape index (κ2) is 7.25. The van der Waals surface area contributed by atoms with E-state index in [1.807, 2.05) is 13.8 Å². The Morgan fingerprint density at radius 1 is 1.32 bits per heavy atom. The Balaban J connectivity index is 2.39. The molecule has 1 amide bonds.